The molecule has 1 spiro atoms. The smallest absolute Gasteiger partial charge is 0.141 e. The van der Waals surface area contributed by atoms with Crippen molar-refractivity contribution in [2.24, 2.45) is 10.1 Å². The maximum Gasteiger partial charge on any atom is 0.141 e. The lowest BCUT2D eigenvalue weighted by atomic mass is 9.98. The molecule has 5 rings (SSSR count). The number of nitrogens with one attached hydrogen (secondary N) is 1. The monoisotopic (exact) mass is 441 g/mol. The fraction of sp³-hybridized carbons (Fsp3) is 0.435. The number of hydrogen-bond acceptors (Lipinski definition) is 5. The highest BCUT2D eigenvalue weighted by Crippen LogP contribution is 2.49. The lowest BCUT2D eigenvalue weighted by molar-refractivity contribution is 0.243. The minimum Gasteiger partial charge on any atom is -0.411 e. The first-order valence-electron chi connectivity index (χ1n) is 10.8. The lowest BCUT2D eigenvalue weighted by Gasteiger charge is -2.22. The van der Waals surface area contributed by atoms with Gasteiger partial charge in [-0.3, -0.25) is 9.89 Å². The number of benzene rings is 1. The van der Waals surface area contributed by atoms with Gasteiger partial charge in [-0.2, -0.15) is 0 Å². The Hall–Kier alpha value is -2.51. The van der Waals surface area contributed by atoms with E-state index in [1.54, 1.807) is 18.3 Å². The van der Waals surface area contributed by atoms with Crippen LogP contribution >= 0.6 is 11.6 Å². The Kier molecular flexibility index (Phi) is 5.40. The molecule has 1 aromatic carbocycles. The Morgan fingerprint density at radius 1 is 1.29 bits per heavy atom. The van der Waals surface area contributed by atoms with E-state index in [4.69, 9.17) is 16.6 Å². The molecule has 162 valence electrons. The number of oxime groups is 1. The van der Waals surface area contributed by atoms with Gasteiger partial charge < -0.3 is 10.5 Å². The third kappa shape index (κ3) is 4.04. The van der Waals surface area contributed by atoms with Gasteiger partial charge in [0.15, 0.2) is 0 Å². The maximum absolute atomic E-state index is 13.5. The van der Waals surface area contributed by atoms with Crippen molar-refractivity contribution >= 4 is 29.0 Å². The van der Waals surface area contributed by atoms with Crippen LogP contribution in [0.1, 0.15) is 42.4 Å². The molecule has 2 N–H and O–H groups in total. The molecule has 8 heteroatoms. The number of rotatable bonds is 6. The van der Waals surface area contributed by atoms with Crippen molar-refractivity contribution in [2.75, 3.05) is 25.0 Å². The summed E-state index contributed by atoms with van der Waals surface area (Å²) in [6.07, 6.45) is 7.95. The van der Waals surface area contributed by atoms with E-state index in [2.05, 4.69) is 20.4 Å². The minimum absolute atomic E-state index is 0.0526. The van der Waals surface area contributed by atoms with Crippen molar-refractivity contribution in [3.05, 3.63) is 58.0 Å². The number of aliphatic imine (C=N–C) groups is 1. The molecular formula is C23H25ClFN5O. The Bertz CT molecular complexity index is 1070. The number of fused-ring (bicyclic) bond motifs is 1. The van der Waals surface area contributed by atoms with Gasteiger partial charge in [0.1, 0.15) is 17.5 Å². The maximum atomic E-state index is 13.5. The second-order valence-electron chi connectivity index (χ2n) is 8.60. The molecule has 0 bridgehead atoms. The van der Waals surface area contributed by atoms with Gasteiger partial charge in [0.2, 0.25) is 0 Å². The molecule has 0 amide bonds. The van der Waals surface area contributed by atoms with Crippen LogP contribution < -0.4 is 5.32 Å². The number of hydrogen-bond donors (Lipinski definition) is 2. The second-order valence-corrected chi connectivity index (χ2v) is 9.01. The van der Waals surface area contributed by atoms with Crippen molar-refractivity contribution in [1.29, 1.82) is 0 Å². The number of pyridine rings is 1. The summed E-state index contributed by atoms with van der Waals surface area (Å²) >= 11 is 5.90. The van der Waals surface area contributed by atoms with Crippen LogP contribution in [-0.2, 0) is 12.8 Å². The first kappa shape index (κ1) is 20.4. The van der Waals surface area contributed by atoms with Crippen molar-refractivity contribution in [3.63, 3.8) is 0 Å². The van der Waals surface area contributed by atoms with Gasteiger partial charge >= 0.3 is 0 Å². The van der Waals surface area contributed by atoms with Crippen molar-refractivity contribution < 1.29 is 9.60 Å². The Balaban J connectivity index is 1.29. The highest BCUT2D eigenvalue weighted by Gasteiger charge is 2.49. The molecule has 2 aliphatic heterocycles. The largest absolute Gasteiger partial charge is 0.411 e. The first-order valence-corrected chi connectivity index (χ1v) is 11.1. The van der Waals surface area contributed by atoms with Crippen LogP contribution in [0.15, 0.2) is 40.6 Å². The van der Waals surface area contributed by atoms with Gasteiger partial charge in [-0.05, 0) is 56.0 Å². The molecule has 2 fully saturated rings. The van der Waals surface area contributed by atoms with E-state index in [9.17, 15) is 9.60 Å². The van der Waals surface area contributed by atoms with Crippen LogP contribution in [0.5, 0.6) is 0 Å². The quantitative estimate of drug-likeness (QED) is 0.398. The van der Waals surface area contributed by atoms with E-state index in [-0.39, 0.29) is 5.02 Å². The molecule has 0 unspecified atom stereocenters. The van der Waals surface area contributed by atoms with E-state index in [0.29, 0.717) is 24.1 Å². The number of nitrogens with zero attached hydrogens (tertiary/aromatic N) is 4. The van der Waals surface area contributed by atoms with Crippen LogP contribution in [0, 0.1) is 5.82 Å². The topological polar surface area (TPSA) is 73.1 Å². The molecule has 0 radical (unpaired) electrons. The zero-order valence-electron chi connectivity index (χ0n) is 17.2. The summed E-state index contributed by atoms with van der Waals surface area (Å²) in [5.74, 6) is 1.17. The van der Waals surface area contributed by atoms with Crippen molar-refractivity contribution in [3.8, 4) is 0 Å². The van der Waals surface area contributed by atoms with Gasteiger partial charge in [-0.15, -0.1) is 0 Å². The summed E-state index contributed by atoms with van der Waals surface area (Å²) in [4.78, 5) is 11.8. The third-order valence-corrected chi connectivity index (χ3v) is 6.98. The summed E-state index contributed by atoms with van der Waals surface area (Å²) in [5.41, 5.74) is 3.52. The highest BCUT2D eigenvalue weighted by molar-refractivity contribution is 6.30. The third-order valence-electron chi connectivity index (χ3n) is 6.69. The Morgan fingerprint density at radius 3 is 2.94 bits per heavy atom. The van der Waals surface area contributed by atoms with Gasteiger partial charge in [0.25, 0.3) is 0 Å². The molecule has 3 aliphatic rings. The molecule has 1 saturated heterocycles. The van der Waals surface area contributed by atoms with E-state index in [0.717, 1.165) is 41.4 Å². The van der Waals surface area contributed by atoms with Crippen LogP contribution in [0.25, 0.3) is 0 Å². The Labute approximate surface area is 185 Å². The SMILES string of the molecule is O/N=C(\Cc1ccc(F)c(Cl)c1)c1ccnc2c1CC(=NCCN1CCCC13CC3)N2. The van der Waals surface area contributed by atoms with E-state index in [1.165, 1.54) is 38.3 Å². The predicted octanol–water partition coefficient (Wildman–Crippen LogP) is 4.29. The highest BCUT2D eigenvalue weighted by atomic mass is 35.5. The Morgan fingerprint density at radius 2 is 2.16 bits per heavy atom. The lowest BCUT2D eigenvalue weighted by Crippen LogP contribution is -2.33. The molecule has 31 heavy (non-hydrogen) atoms. The van der Waals surface area contributed by atoms with Crippen LogP contribution in [-0.4, -0.2) is 51.8 Å². The average molecular weight is 442 g/mol. The van der Waals surface area contributed by atoms with Gasteiger partial charge in [0.05, 0.1) is 17.3 Å². The van der Waals surface area contributed by atoms with Gasteiger partial charge in [-0.1, -0.05) is 22.8 Å². The molecule has 3 heterocycles. The summed E-state index contributed by atoms with van der Waals surface area (Å²) in [5, 5.41) is 16.6. The summed E-state index contributed by atoms with van der Waals surface area (Å²) in [7, 11) is 0. The van der Waals surface area contributed by atoms with Crippen LogP contribution in [0.4, 0.5) is 10.2 Å². The van der Waals surface area contributed by atoms with E-state index < -0.39 is 5.82 Å². The molecule has 1 aliphatic carbocycles. The molecular weight excluding hydrogens is 417 g/mol. The second kappa shape index (κ2) is 8.20. The number of aromatic nitrogens is 1. The standard InChI is InChI=1S/C23H25ClFN5O/c24-18-12-15(2-3-19(18)25)13-20(29-31)16-4-8-27-22-17(16)14-21(28-22)26-9-11-30-10-1-5-23(30)6-7-23/h2-4,8,12,31H,1,5-7,9-11,13-14H2,(H,26,27,28)/b29-20+. The molecule has 2 aromatic rings. The number of halogens is 2. The fourth-order valence-corrected chi connectivity index (χ4v) is 5.08. The van der Waals surface area contributed by atoms with E-state index >= 15 is 0 Å². The zero-order chi connectivity index (χ0) is 21.4. The van der Waals surface area contributed by atoms with Crippen molar-refractivity contribution in [2.45, 2.75) is 44.1 Å². The average Bonchev–Trinajstić information content (AvgIpc) is 3.25. The number of anilines is 1. The summed E-state index contributed by atoms with van der Waals surface area (Å²) in [6, 6.07) is 6.36. The zero-order valence-corrected chi connectivity index (χ0v) is 18.0. The normalized spacial score (nSPS) is 21.0. The van der Waals surface area contributed by atoms with Gasteiger partial charge in [-0.25, -0.2) is 9.37 Å². The number of amidine groups is 1. The van der Waals surface area contributed by atoms with E-state index in [1.807, 2.05) is 6.07 Å². The number of likely N-dealkylation sites (tertiary alicyclic amines) is 1. The summed E-state index contributed by atoms with van der Waals surface area (Å²) < 4.78 is 13.5. The summed E-state index contributed by atoms with van der Waals surface area (Å²) in [6.45, 7) is 2.95. The van der Waals surface area contributed by atoms with Crippen molar-refractivity contribution in [1.82, 2.24) is 9.88 Å². The fourth-order valence-electron chi connectivity index (χ4n) is 4.88. The first-order chi connectivity index (χ1) is 15.1. The predicted molar refractivity (Wildman–Crippen MR) is 120 cm³/mol. The molecule has 6 nitrogen and oxygen atoms in total. The molecule has 1 saturated carbocycles. The molecule has 0 atom stereocenters. The molecule has 1 aromatic heterocycles. The van der Waals surface area contributed by atoms with Crippen LogP contribution in [0.2, 0.25) is 5.02 Å². The van der Waals surface area contributed by atoms with Gasteiger partial charge in [0, 0.05) is 42.2 Å². The van der Waals surface area contributed by atoms with Crippen LogP contribution in [0.3, 0.4) is 0 Å². The minimum atomic E-state index is -0.468.